The molecule has 2 aromatic rings. The topological polar surface area (TPSA) is 186 Å². The molecule has 1 fully saturated rings. The SMILES string of the molecule is CCC(C)C(C(=O)NC(Cc1ccc(OCC=C(C)C)cc1)C(=O)O)N(C)C(=O)C(CO)NC(=O)C1CCCN1C(=O)C(O)Cc1ccccc1. The molecule has 6 unspecified atom stereocenters. The summed E-state index contributed by atoms with van der Waals surface area (Å²) in [5, 5.41) is 35.9. The van der Waals surface area contributed by atoms with Gasteiger partial charge in [0.2, 0.25) is 17.7 Å². The molecule has 3 rings (SSSR count). The third-order valence-corrected chi connectivity index (χ3v) is 9.13. The van der Waals surface area contributed by atoms with Crippen LogP contribution in [0.1, 0.15) is 58.1 Å². The van der Waals surface area contributed by atoms with Crippen LogP contribution >= 0.6 is 0 Å². The molecule has 278 valence electrons. The number of amides is 4. The Morgan fingerprint density at radius 2 is 1.63 bits per heavy atom. The lowest BCUT2D eigenvalue weighted by atomic mass is 9.95. The van der Waals surface area contributed by atoms with Crippen molar-refractivity contribution in [2.75, 3.05) is 26.8 Å². The molecular formula is C38H52N4O9. The van der Waals surface area contributed by atoms with Crippen LogP contribution in [0.5, 0.6) is 5.75 Å². The summed E-state index contributed by atoms with van der Waals surface area (Å²) in [5.41, 5.74) is 2.53. The molecule has 5 N–H and O–H groups in total. The number of ether oxygens (including phenoxy) is 1. The number of rotatable bonds is 18. The van der Waals surface area contributed by atoms with Gasteiger partial charge >= 0.3 is 5.97 Å². The zero-order valence-electron chi connectivity index (χ0n) is 30.1. The Balaban J connectivity index is 1.67. The molecule has 51 heavy (non-hydrogen) atoms. The van der Waals surface area contributed by atoms with E-state index < -0.39 is 72.4 Å². The van der Waals surface area contributed by atoms with Crippen LogP contribution < -0.4 is 15.4 Å². The van der Waals surface area contributed by atoms with Crippen molar-refractivity contribution in [2.45, 2.75) is 90.1 Å². The number of hydrogen-bond donors (Lipinski definition) is 5. The highest BCUT2D eigenvalue weighted by Crippen LogP contribution is 2.21. The van der Waals surface area contributed by atoms with Crippen LogP contribution in [0, 0.1) is 5.92 Å². The van der Waals surface area contributed by atoms with E-state index in [9.17, 15) is 39.3 Å². The third kappa shape index (κ3) is 11.6. The van der Waals surface area contributed by atoms with E-state index in [2.05, 4.69) is 10.6 Å². The number of likely N-dealkylation sites (N-methyl/N-ethyl adjacent to an activating group) is 1. The number of allylic oxidation sites excluding steroid dienone is 1. The molecule has 1 aliphatic rings. The number of aliphatic carboxylic acids is 1. The number of carbonyl (C=O) groups excluding carboxylic acids is 4. The maximum absolute atomic E-state index is 13.7. The largest absolute Gasteiger partial charge is 0.490 e. The highest BCUT2D eigenvalue weighted by atomic mass is 16.5. The smallest absolute Gasteiger partial charge is 0.326 e. The highest BCUT2D eigenvalue weighted by Gasteiger charge is 2.40. The maximum atomic E-state index is 13.7. The van der Waals surface area contributed by atoms with Crippen molar-refractivity contribution in [1.82, 2.24) is 20.4 Å². The minimum atomic E-state index is -1.44. The first kappa shape index (κ1) is 40.7. The van der Waals surface area contributed by atoms with Crippen LogP contribution in [0.25, 0.3) is 0 Å². The second-order valence-corrected chi connectivity index (χ2v) is 13.3. The predicted molar refractivity (Wildman–Crippen MR) is 191 cm³/mol. The number of benzene rings is 2. The first-order chi connectivity index (χ1) is 24.3. The molecule has 13 nitrogen and oxygen atoms in total. The average molecular weight is 709 g/mol. The fraction of sp³-hybridized carbons (Fsp3) is 0.500. The molecule has 0 aliphatic carbocycles. The quantitative estimate of drug-likeness (QED) is 0.145. The van der Waals surface area contributed by atoms with Gasteiger partial charge < -0.3 is 40.5 Å². The molecular weight excluding hydrogens is 656 g/mol. The van der Waals surface area contributed by atoms with E-state index in [0.717, 1.165) is 16.0 Å². The summed E-state index contributed by atoms with van der Waals surface area (Å²) in [7, 11) is 1.36. The van der Waals surface area contributed by atoms with Gasteiger partial charge in [0.25, 0.3) is 5.91 Å². The molecule has 0 aromatic heterocycles. The van der Waals surface area contributed by atoms with Crippen molar-refractivity contribution in [3.8, 4) is 5.75 Å². The van der Waals surface area contributed by atoms with Crippen molar-refractivity contribution < 1.29 is 44.0 Å². The van der Waals surface area contributed by atoms with E-state index >= 15 is 0 Å². The van der Waals surface area contributed by atoms with Crippen molar-refractivity contribution in [3.05, 3.63) is 77.4 Å². The molecule has 1 saturated heterocycles. The standard InChI is InChI=1S/C38H52N4O9/c1-6-25(4)33(35(46)39-29(38(49)50)21-27-14-16-28(17-15-27)51-20-18-24(2)3)41(5)36(47)30(23-43)40-34(45)31-13-10-19-42(31)37(48)32(44)22-26-11-8-7-9-12-26/h7-9,11-12,14-18,25,29-33,43-44H,6,10,13,19-23H2,1-5H3,(H,39,46)(H,40,45)(H,49,50). The summed E-state index contributed by atoms with van der Waals surface area (Å²) >= 11 is 0. The van der Waals surface area contributed by atoms with Gasteiger partial charge in [-0.15, -0.1) is 0 Å². The van der Waals surface area contributed by atoms with Crippen molar-refractivity contribution in [3.63, 3.8) is 0 Å². The predicted octanol–water partition coefficient (Wildman–Crippen LogP) is 2.09. The van der Waals surface area contributed by atoms with Gasteiger partial charge in [0, 0.05) is 26.4 Å². The van der Waals surface area contributed by atoms with Crippen LogP contribution in [-0.2, 0) is 36.8 Å². The van der Waals surface area contributed by atoms with E-state index in [4.69, 9.17) is 4.74 Å². The minimum Gasteiger partial charge on any atom is -0.490 e. The number of likely N-dealkylation sites (tertiary alicyclic amines) is 1. The fourth-order valence-electron chi connectivity index (χ4n) is 6.01. The number of aliphatic hydroxyl groups excluding tert-OH is 2. The first-order valence-electron chi connectivity index (χ1n) is 17.4. The maximum Gasteiger partial charge on any atom is 0.326 e. The summed E-state index contributed by atoms with van der Waals surface area (Å²) < 4.78 is 5.66. The minimum absolute atomic E-state index is 0.0216. The number of nitrogens with zero attached hydrogens (tertiary/aromatic N) is 2. The summed E-state index contributed by atoms with van der Waals surface area (Å²) in [6.45, 7) is 7.35. The number of nitrogens with one attached hydrogen (secondary N) is 2. The van der Waals surface area contributed by atoms with E-state index in [0.29, 0.717) is 37.2 Å². The molecule has 2 aromatic carbocycles. The zero-order chi connectivity index (χ0) is 37.7. The Hall–Kier alpha value is -4.75. The third-order valence-electron chi connectivity index (χ3n) is 9.13. The molecule has 0 spiro atoms. The van der Waals surface area contributed by atoms with E-state index in [1.165, 1.54) is 11.9 Å². The van der Waals surface area contributed by atoms with Crippen molar-refractivity contribution >= 4 is 29.6 Å². The summed E-state index contributed by atoms with van der Waals surface area (Å²) in [6.07, 6.45) is 1.90. The molecule has 0 saturated carbocycles. The zero-order valence-corrected chi connectivity index (χ0v) is 30.1. The Morgan fingerprint density at radius 3 is 2.22 bits per heavy atom. The Kier molecular flexibility index (Phi) is 15.6. The van der Waals surface area contributed by atoms with E-state index in [1.54, 1.807) is 55.5 Å². The normalized spacial score (nSPS) is 16.9. The summed E-state index contributed by atoms with van der Waals surface area (Å²) in [6, 6.07) is 11.0. The van der Waals surface area contributed by atoms with Gasteiger partial charge in [-0.2, -0.15) is 0 Å². The van der Waals surface area contributed by atoms with Gasteiger partial charge in [0.05, 0.1) is 6.61 Å². The Labute approximate surface area is 299 Å². The lowest BCUT2D eigenvalue weighted by molar-refractivity contribution is -0.148. The average Bonchev–Trinajstić information content (AvgIpc) is 3.60. The van der Waals surface area contributed by atoms with Crippen LogP contribution in [0.2, 0.25) is 0 Å². The molecule has 1 heterocycles. The van der Waals surface area contributed by atoms with Crippen molar-refractivity contribution in [2.24, 2.45) is 5.92 Å². The van der Waals surface area contributed by atoms with Gasteiger partial charge in [-0.3, -0.25) is 19.2 Å². The number of carbonyl (C=O) groups is 5. The molecule has 1 aliphatic heterocycles. The van der Waals surface area contributed by atoms with Crippen LogP contribution in [-0.4, -0.2) is 112 Å². The Morgan fingerprint density at radius 1 is 0.980 bits per heavy atom. The highest BCUT2D eigenvalue weighted by molar-refractivity contribution is 5.95. The number of carboxylic acids is 1. The summed E-state index contributed by atoms with van der Waals surface area (Å²) in [5.74, 6) is -3.80. The monoisotopic (exact) mass is 708 g/mol. The number of aliphatic hydroxyl groups is 2. The Bertz CT molecular complexity index is 1510. The molecule has 0 radical (unpaired) electrons. The van der Waals surface area contributed by atoms with Crippen LogP contribution in [0.4, 0.5) is 0 Å². The van der Waals surface area contributed by atoms with Crippen LogP contribution in [0.3, 0.4) is 0 Å². The molecule has 4 amide bonds. The lowest BCUT2D eigenvalue weighted by Crippen LogP contribution is -2.60. The van der Waals surface area contributed by atoms with Gasteiger partial charge in [0.1, 0.15) is 42.6 Å². The molecule has 6 atom stereocenters. The fourth-order valence-corrected chi connectivity index (χ4v) is 6.01. The molecule has 13 heteroatoms. The van der Waals surface area contributed by atoms with Crippen molar-refractivity contribution in [1.29, 1.82) is 0 Å². The van der Waals surface area contributed by atoms with Crippen LogP contribution in [0.15, 0.2) is 66.2 Å². The lowest BCUT2D eigenvalue weighted by Gasteiger charge is -2.35. The summed E-state index contributed by atoms with van der Waals surface area (Å²) in [4.78, 5) is 68.5. The van der Waals surface area contributed by atoms with E-state index in [1.807, 2.05) is 32.9 Å². The molecule has 0 bridgehead atoms. The second kappa shape index (κ2) is 19.6. The second-order valence-electron chi connectivity index (χ2n) is 13.3. The van der Waals surface area contributed by atoms with Gasteiger partial charge in [0.15, 0.2) is 0 Å². The van der Waals surface area contributed by atoms with Gasteiger partial charge in [-0.05, 0) is 61.9 Å². The van der Waals surface area contributed by atoms with Gasteiger partial charge in [-0.25, -0.2) is 4.79 Å². The first-order valence-corrected chi connectivity index (χ1v) is 17.4. The number of hydrogen-bond acceptors (Lipinski definition) is 8. The van der Waals surface area contributed by atoms with Gasteiger partial charge in [-0.1, -0.05) is 68.3 Å². The number of carboxylic acid groups (broad SMARTS) is 1. The van der Waals surface area contributed by atoms with E-state index in [-0.39, 0.29) is 19.4 Å².